The van der Waals surface area contributed by atoms with Gasteiger partial charge in [0.1, 0.15) is 0 Å². The van der Waals surface area contributed by atoms with Crippen LogP contribution in [0.3, 0.4) is 0 Å². The van der Waals surface area contributed by atoms with E-state index in [0.29, 0.717) is 6.61 Å². The van der Waals surface area contributed by atoms with Crippen LogP contribution in [0.25, 0.3) is 0 Å². The van der Waals surface area contributed by atoms with E-state index < -0.39 is 0 Å². The number of halogens is 1. The van der Waals surface area contributed by atoms with Crippen molar-refractivity contribution in [2.24, 2.45) is 5.73 Å². The highest BCUT2D eigenvalue weighted by Gasteiger charge is 2.06. The van der Waals surface area contributed by atoms with E-state index in [1.54, 1.807) is 0 Å². The minimum Gasteiger partial charge on any atom is -0.377 e. The largest absolute Gasteiger partial charge is 0.377 e. The van der Waals surface area contributed by atoms with E-state index in [0.717, 1.165) is 5.56 Å². The van der Waals surface area contributed by atoms with Crippen molar-refractivity contribution in [2.45, 2.75) is 26.0 Å². The molecule has 0 aliphatic carbocycles. The summed E-state index contributed by atoms with van der Waals surface area (Å²) in [4.78, 5) is 0. The van der Waals surface area contributed by atoms with Crippen molar-refractivity contribution in [3.63, 3.8) is 0 Å². The SMILES string of the molecule is CC(C)OCC(N)c1cccc(I)c1. The Morgan fingerprint density at radius 3 is 2.71 bits per heavy atom. The number of ether oxygens (including phenoxy) is 1. The third-order valence-corrected chi connectivity index (χ3v) is 2.56. The lowest BCUT2D eigenvalue weighted by Crippen LogP contribution is -2.19. The van der Waals surface area contributed by atoms with Gasteiger partial charge < -0.3 is 10.5 Å². The number of hydrogen-bond acceptors (Lipinski definition) is 2. The van der Waals surface area contributed by atoms with Gasteiger partial charge in [0, 0.05) is 3.57 Å². The Labute approximate surface area is 99.0 Å². The molecule has 0 aliphatic heterocycles. The van der Waals surface area contributed by atoms with E-state index in [2.05, 4.69) is 34.7 Å². The average Bonchev–Trinajstić information content (AvgIpc) is 2.14. The lowest BCUT2D eigenvalue weighted by Gasteiger charge is -2.14. The summed E-state index contributed by atoms with van der Waals surface area (Å²) in [6.07, 6.45) is 0.240. The second-order valence-corrected chi connectivity index (χ2v) is 4.79. The highest BCUT2D eigenvalue weighted by molar-refractivity contribution is 14.1. The van der Waals surface area contributed by atoms with Gasteiger partial charge in [0.25, 0.3) is 0 Å². The number of benzene rings is 1. The van der Waals surface area contributed by atoms with Crippen LogP contribution in [0.2, 0.25) is 0 Å². The fraction of sp³-hybridized carbons (Fsp3) is 0.455. The zero-order valence-electron chi connectivity index (χ0n) is 8.53. The first-order valence-electron chi connectivity index (χ1n) is 4.72. The van der Waals surface area contributed by atoms with Crippen molar-refractivity contribution in [2.75, 3.05) is 6.61 Å². The summed E-state index contributed by atoms with van der Waals surface area (Å²) in [7, 11) is 0. The molecule has 14 heavy (non-hydrogen) atoms. The van der Waals surface area contributed by atoms with E-state index in [-0.39, 0.29) is 12.1 Å². The topological polar surface area (TPSA) is 35.2 Å². The molecular weight excluding hydrogens is 289 g/mol. The first-order chi connectivity index (χ1) is 6.59. The number of nitrogens with two attached hydrogens (primary N) is 1. The van der Waals surface area contributed by atoms with Crippen LogP contribution in [-0.4, -0.2) is 12.7 Å². The maximum Gasteiger partial charge on any atom is 0.0662 e. The van der Waals surface area contributed by atoms with Gasteiger partial charge >= 0.3 is 0 Å². The zero-order chi connectivity index (χ0) is 10.6. The third-order valence-electron chi connectivity index (χ3n) is 1.89. The molecule has 1 aromatic rings. The van der Waals surface area contributed by atoms with Gasteiger partial charge in [-0.3, -0.25) is 0 Å². The van der Waals surface area contributed by atoms with Gasteiger partial charge in [-0.15, -0.1) is 0 Å². The lowest BCUT2D eigenvalue weighted by atomic mass is 10.1. The lowest BCUT2D eigenvalue weighted by molar-refractivity contribution is 0.0683. The van der Waals surface area contributed by atoms with Crippen molar-refractivity contribution in [3.8, 4) is 0 Å². The average molecular weight is 305 g/mol. The molecule has 1 unspecified atom stereocenters. The molecule has 0 fully saturated rings. The Kier molecular flexibility index (Phi) is 4.84. The molecule has 0 radical (unpaired) electrons. The zero-order valence-corrected chi connectivity index (χ0v) is 10.7. The van der Waals surface area contributed by atoms with Crippen molar-refractivity contribution in [1.82, 2.24) is 0 Å². The number of hydrogen-bond donors (Lipinski definition) is 1. The summed E-state index contributed by atoms with van der Waals surface area (Å²) in [5.74, 6) is 0. The molecule has 0 amide bonds. The molecule has 2 nitrogen and oxygen atoms in total. The van der Waals surface area contributed by atoms with Crippen molar-refractivity contribution in [3.05, 3.63) is 33.4 Å². The van der Waals surface area contributed by atoms with Crippen molar-refractivity contribution in [1.29, 1.82) is 0 Å². The Bertz CT molecular complexity index is 288. The van der Waals surface area contributed by atoms with Crippen LogP contribution in [-0.2, 0) is 4.74 Å². The second-order valence-electron chi connectivity index (χ2n) is 3.54. The van der Waals surface area contributed by atoms with E-state index in [4.69, 9.17) is 10.5 Å². The summed E-state index contributed by atoms with van der Waals surface area (Å²) in [6, 6.07) is 8.19. The van der Waals surface area contributed by atoms with E-state index in [1.807, 2.05) is 26.0 Å². The molecule has 0 bridgehead atoms. The predicted octanol–water partition coefficient (Wildman–Crippen LogP) is 2.72. The van der Waals surface area contributed by atoms with Crippen LogP contribution in [0.5, 0.6) is 0 Å². The molecule has 2 N–H and O–H groups in total. The Hall–Kier alpha value is -0.130. The minimum absolute atomic E-state index is 0.0212. The number of rotatable bonds is 4. The van der Waals surface area contributed by atoms with Gasteiger partial charge in [-0.25, -0.2) is 0 Å². The molecule has 0 aliphatic rings. The standard InChI is InChI=1S/C11H16INO/c1-8(2)14-7-11(13)9-4-3-5-10(12)6-9/h3-6,8,11H,7,13H2,1-2H3. The highest BCUT2D eigenvalue weighted by atomic mass is 127. The summed E-state index contributed by atoms with van der Waals surface area (Å²) >= 11 is 2.28. The normalized spacial score (nSPS) is 13.2. The maximum atomic E-state index is 5.98. The Balaban J connectivity index is 2.56. The van der Waals surface area contributed by atoms with E-state index in [9.17, 15) is 0 Å². The molecule has 0 saturated heterocycles. The van der Waals surface area contributed by atoms with Gasteiger partial charge in [0.2, 0.25) is 0 Å². The maximum absolute atomic E-state index is 5.98. The molecular formula is C11H16INO. The van der Waals surface area contributed by atoms with Gasteiger partial charge in [-0.2, -0.15) is 0 Å². The van der Waals surface area contributed by atoms with E-state index >= 15 is 0 Å². The summed E-state index contributed by atoms with van der Waals surface area (Å²) in [5.41, 5.74) is 7.12. The predicted molar refractivity (Wildman–Crippen MR) is 67.2 cm³/mol. The van der Waals surface area contributed by atoms with Crippen LogP contribution < -0.4 is 5.73 Å². The van der Waals surface area contributed by atoms with Crippen molar-refractivity contribution < 1.29 is 4.74 Å². The monoisotopic (exact) mass is 305 g/mol. The van der Waals surface area contributed by atoms with Gasteiger partial charge in [-0.1, -0.05) is 12.1 Å². The third kappa shape index (κ3) is 3.94. The van der Waals surface area contributed by atoms with Gasteiger partial charge in [0.05, 0.1) is 18.8 Å². The molecule has 0 heterocycles. The van der Waals surface area contributed by atoms with Crippen LogP contribution in [0.1, 0.15) is 25.5 Å². The molecule has 0 saturated carbocycles. The molecule has 3 heteroatoms. The molecule has 0 spiro atoms. The minimum atomic E-state index is -0.0212. The Morgan fingerprint density at radius 1 is 1.43 bits per heavy atom. The quantitative estimate of drug-likeness (QED) is 0.868. The molecule has 0 aromatic heterocycles. The fourth-order valence-electron chi connectivity index (χ4n) is 1.13. The molecule has 1 aromatic carbocycles. The van der Waals surface area contributed by atoms with Crippen LogP contribution in [0.15, 0.2) is 24.3 Å². The molecule has 1 rings (SSSR count). The fourth-order valence-corrected chi connectivity index (χ4v) is 1.70. The van der Waals surface area contributed by atoms with Crippen LogP contribution >= 0.6 is 22.6 Å². The smallest absolute Gasteiger partial charge is 0.0662 e. The van der Waals surface area contributed by atoms with Crippen molar-refractivity contribution >= 4 is 22.6 Å². The summed E-state index contributed by atoms with van der Waals surface area (Å²) in [5, 5.41) is 0. The first kappa shape index (κ1) is 11.9. The first-order valence-corrected chi connectivity index (χ1v) is 5.80. The highest BCUT2D eigenvalue weighted by Crippen LogP contribution is 2.14. The van der Waals surface area contributed by atoms with Crippen LogP contribution in [0, 0.1) is 3.57 Å². The van der Waals surface area contributed by atoms with E-state index in [1.165, 1.54) is 3.57 Å². The molecule has 1 atom stereocenters. The summed E-state index contributed by atoms with van der Waals surface area (Å²) in [6.45, 7) is 4.61. The van der Waals surface area contributed by atoms with Gasteiger partial charge in [-0.05, 0) is 54.1 Å². The Morgan fingerprint density at radius 2 is 2.14 bits per heavy atom. The second kappa shape index (κ2) is 5.68. The summed E-state index contributed by atoms with van der Waals surface area (Å²) < 4.78 is 6.68. The molecule has 78 valence electrons. The van der Waals surface area contributed by atoms with Crippen LogP contribution in [0.4, 0.5) is 0 Å². The van der Waals surface area contributed by atoms with Gasteiger partial charge in [0.15, 0.2) is 0 Å².